The van der Waals surface area contributed by atoms with E-state index in [1.54, 1.807) is 0 Å². The van der Waals surface area contributed by atoms with E-state index in [0.717, 1.165) is 32.7 Å². The normalized spacial score (nSPS) is 12.2. The molecule has 0 heterocycles. The van der Waals surface area contributed by atoms with E-state index in [1.807, 2.05) is 0 Å². The highest BCUT2D eigenvalue weighted by atomic mass is 16.4. The summed E-state index contributed by atoms with van der Waals surface area (Å²) in [6, 6.07) is -0.823. The van der Waals surface area contributed by atoms with Gasteiger partial charge < -0.3 is 37.8 Å². The molecular formula is C12H28N6O3. The Morgan fingerprint density at radius 2 is 1.38 bits per heavy atom. The molecule has 0 aliphatic heterocycles. The SMILES string of the molecule is NCCNCCNCCNCCN[C@@H](CC(=O)O)C(N)=O. The van der Waals surface area contributed by atoms with Crippen LogP contribution < -0.4 is 32.7 Å². The molecule has 9 nitrogen and oxygen atoms in total. The Hall–Kier alpha value is -1.26. The van der Waals surface area contributed by atoms with Crippen molar-refractivity contribution in [1.29, 1.82) is 0 Å². The van der Waals surface area contributed by atoms with E-state index >= 15 is 0 Å². The standard InChI is InChI=1S/C12H28N6O3/c13-1-2-15-3-4-16-5-6-17-7-8-18-10(12(14)21)9-11(19)20/h10,15-18H,1-9,13H2,(H2,14,21)(H,19,20)/t10-/m0/s1. The van der Waals surface area contributed by atoms with E-state index in [4.69, 9.17) is 16.6 Å². The van der Waals surface area contributed by atoms with Crippen molar-refractivity contribution in [3.05, 3.63) is 0 Å². The molecule has 0 aromatic heterocycles. The number of hydrogen-bond acceptors (Lipinski definition) is 7. The molecule has 0 rings (SSSR count). The molecule has 0 unspecified atom stereocenters. The second-order valence-electron chi connectivity index (χ2n) is 4.55. The van der Waals surface area contributed by atoms with E-state index in [9.17, 15) is 9.59 Å². The maximum absolute atomic E-state index is 11.0. The highest BCUT2D eigenvalue weighted by molar-refractivity contribution is 5.84. The topological polar surface area (TPSA) is 155 Å². The number of carbonyl (C=O) groups excluding carboxylic acids is 1. The lowest BCUT2D eigenvalue weighted by molar-refractivity contribution is -0.139. The van der Waals surface area contributed by atoms with Crippen molar-refractivity contribution in [2.45, 2.75) is 12.5 Å². The number of carboxylic acid groups (broad SMARTS) is 1. The third kappa shape index (κ3) is 13.5. The van der Waals surface area contributed by atoms with Gasteiger partial charge in [0.2, 0.25) is 5.91 Å². The number of primary amides is 1. The van der Waals surface area contributed by atoms with Crippen LogP contribution >= 0.6 is 0 Å². The van der Waals surface area contributed by atoms with Gasteiger partial charge in [-0.3, -0.25) is 9.59 Å². The quantitative estimate of drug-likeness (QED) is 0.155. The monoisotopic (exact) mass is 304 g/mol. The first kappa shape index (κ1) is 19.7. The van der Waals surface area contributed by atoms with Crippen LogP contribution in [0.5, 0.6) is 0 Å². The van der Waals surface area contributed by atoms with Crippen molar-refractivity contribution in [1.82, 2.24) is 21.3 Å². The molecule has 0 saturated heterocycles. The van der Waals surface area contributed by atoms with Crippen molar-refractivity contribution in [2.75, 3.05) is 52.4 Å². The molecule has 0 bridgehead atoms. The fourth-order valence-corrected chi connectivity index (χ4v) is 1.61. The first-order valence-corrected chi connectivity index (χ1v) is 7.14. The van der Waals surface area contributed by atoms with Crippen LogP contribution in [0.2, 0.25) is 0 Å². The minimum Gasteiger partial charge on any atom is -0.481 e. The molecule has 0 aromatic carbocycles. The summed E-state index contributed by atoms with van der Waals surface area (Å²) >= 11 is 0. The van der Waals surface area contributed by atoms with Gasteiger partial charge in [0.25, 0.3) is 0 Å². The molecule has 0 saturated carbocycles. The van der Waals surface area contributed by atoms with E-state index in [0.29, 0.717) is 19.6 Å². The van der Waals surface area contributed by atoms with Gasteiger partial charge in [0.1, 0.15) is 0 Å². The van der Waals surface area contributed by atoms with E-state index in [-0.39, 0.29) is 6.42 Å². The van der Waals surface area contributed by atoms with Crippen molar-refractivity contribution in [3.63, 3.8) is 0 Å². The molecule has 0 fully saturated rings. The molecule has 9 heteroatoms. The number of nitrogens with one attached hydrogen (secondary N) is 4. The summed E-state index contributed by atoms with van der Waals surface area (Å²) in [6.45, 7) is 5.97. The summed E-state index contributed by atoms with van der Waals surface area (Å²) in [4.78, 5) is 21.5. The third-order valence-electron chi connectivity index (χ3n) is 2.69. The second-order valence-corrected chi connectivity index (χ2v) is 4.55. The Kier molecular flexibility index (Phi) is 12.9. The Bertz CT molecular complexity index is 290. The lowest BCUT2D eigenvalue weighted by Crippen LogP contribution is -2.45. The lowest BCUT2D eigenvalue weighted by Gasteiger charge is -2.13. The molecular weight excluding hydrogens is 276 g/mol. The zero-order valence-corrected chi connectivity index (χ0v) is 12.4. The molecule has 1 atom stereocenters. The molecule has 124 valence electrons. The number of amides is 1. The Labute approximate surface area is 125 Å². The van der Waals surface area contributed by atoms with Gasteiger partial charge in [0, 0.05) is 52.4 Å². The van der Waals surface area contributed by atoms with Gasteiger partial charge >= 0.3 is 5.97 Å². The predicted molar refractivity (Wildman–Crippen MR) is 80.9 cm³/mol. The summed E-state index contributed by atoms with van der Waals surface area (Å²) in [5.74, 6) is -1.70. The van der Waals surface area contributed by atoms with Crippen molar-refractivity contribution in [3.8, 4) is 0 Å². The number of carboxylic acids is 1. The van der Waals surface area contributed by atoms with Crippen molar-refractivity contribution >= 4 is 11.9 Å². The molecule has 1 amide bonds. The minimum absolute atomic E-state index is 0.299. The smallest absolute Gasteiger partial charge is 0.305 e. The number of carbonyl (C=O) groups is 2. The van der Waals surface area contributed by atoms with Crippen LogP contribution in [-0.4, -0.2) is 75.4 Å². The van der Waals surface area contributed by atoms with Gasteiger partial charge in [-0.05, 0) is 0 Å². The van der Waals surface area contributed by atoms with E-state index < -0.39 is 17.9 Å². The summed E-state index contributed by atoms with van der Waals surface area (Å²) < 4.78 is 0. The van der Waals surface area contributed by atoms with E-state index in [1.165, 1.54) is 0 Å². The number of hydrogen-bond donors (Lipinski definition) is 7. The largest absolute Gasteiger partial charge is 0.481 e. The molecule has 21 heavy (non-hydrogen) atoms. The number of aliphatic carboxylic acids is 1. The second kappa shape index (κ2) is 13.7. The van der Waals surface area contributed by atoms with Crippen LogP contribution in [0.1, 0.15) is 6.42 Å². The zero-order chi connectivity index (χ0) is 15.9. The maximum atomic E-state index is 11.0. The first-order valence-electron chi connectivity index (χ1n) is 7.14. The summed E-state index contributed by atoms with van der Waals surface area (Å²) in [5.41, 5.74) is 10.5. The molecule has 0 radical (unpaired) electrons. The highest BCUT2D eigenvalue weighted by Crippen LogP contribution is 1.90. The summed E-state index contributed by atoms with van der Waals surface area (Å²) in [6.07, 6.45) is -0.299. The average molecular weight is 304 g/mol. The van der Waals surface area contributed by atoms with E-state index in [2.05, 4.69) is 21.3 Å². The Balaban J connectivity index is 3.38. The molecule has 0 aliphatic carbocycles. The minimum atomic E-state index is -1.05. The first-order chi connectivity index (χ1) is 10.1. The van der Waals surface area contributed by atoms with Gasteiger partial charge in [0.05, 0.1) is 12.5 Å². The fourth-order valence-electron chi connectivity index (χ4n) is 1.61. The fraction of sp³-hybridized carbons (Fsp3) is 0.833. The van der Waals surface area contributed by atoms with Crippen LogP contribution in [0.4, 0.5) is 0 Å². The molecule has 0 spiro atoms. The van der Waals surface area contributed by atoms with Gasteiger partial charge in [-0.15, -0.1) is 0 Å². The Morgan fingerprint density at radius 1 is 0.905 bits per heavy atom. The number of nitrogens with two attached hydrogens (primary N) is 2. The van der Waals surface area contributed by atoms with Gasteiger partial charge in [-0.1, -0.05) is 0 Å². The van der Waals surface area contributed by atoms with Gasteiger partial charge in [0.15, 0.2) is 0 Å². The molecule has 0 aliphatic rings. The van der Waals surface area contributed by atoms with Gasteiger partial charge in [-0.25, -0.2) is 0 Å². The highest BCUT2D eigenvalue weighted by Gasteiger charge is 2.17. The molecule has 0 aromatic rings. The lowest BCUT2D eigenvalue weighted by atomic mass is 10.2. The summed E-state index contributed by atoms with van der Waals surface area (Å²) in [7, 11) is 0. The van der Waals surface area contributed by atoms with Crippen LogP contribution in [-0.2, 0) is 9.59 Å². The van der Waals surface area contributed by atoms with Crippen molar-refractivity contribution in [2.24, 2.45) is 11.5 Å². The van der Waals surface area contributed by atoms with Crippen LogP contribution in [0, 0.1) is 0 Å². The average Bonchev–Trinajstić information content (AvgIpc) is 2.42. The summed E-state index contributed by atoms with van der Waals surface area (Å²) in [5, 5.41) is 21.0. The zero-order valence-electron chi connectivity index (χ0n) is 12.4. The maximum Gasteiger partial charge on any atom is 0.305 e. The molecule has 9 N–H and O–H groups in total. The van der Waals surface area contributed by atoms with Crippen LogP contribution in [0.25, 0.3) is 0 Å². The Morgan fingerprint density at radius 3 is 1.81 bits per heavy atom. The predicted octanol–water partition coefficient (Wildman–Crippen LogP) is -3.37. The van der Waals surface area contributed by atoms with Crippen molar-refractivity contribution < 1.29 is 14.7 Å². The van der Waals surface area contributed by atoms with Crippen LogP contribution in [0.3, 0.4) is 0 Å². The van der Waals surface area contributed by atoms with Gasteiger partial charge in [-0.2, -0.15) is 0 Å². The number of rotatable bonds is 15. The third-order valence-corrected chi connectivity index (χ3v) is 2.69. The van der Waals surface area contributed by atoms with Crippen LogP contribution in [0.15, 0.2) is 0 Å².